The maximum atomic E-state index is 6.45. The highest BCUT2D eigenvalue weighted by molar-refractivity contribution is 6.36. The van der Waals surface area contributed by atoms with Crippen molar-refractivity contribution in [3.05, 3.63) is 101 Å². The van der Waals surface area contributed by atoms with E-state index in [1.54, 1.807) is 12.3 Å². The van der Waals surface area contributed by atoms with Crippen LogP contribution in [0.3, 0.4) is 0 Å². The molecule has 0 saturated heterocycles. The van der Waals surface area contributed by atoms with Crippen LogP contribution < -0.4 is 0 Å². The number of aromatic nitrogens is 3. The minimum absolute atomic E-state index is 0.00306. The number of benzene rings is 2. The Kier molecular flexibility index (Phi) is 4.35. The summed E-state index contributed by atoms with van der Waals surface area (Å²) in [6.45, 7) is 0. The summed E-state index contributed by atoms with van der Waals surface area (Å²) >= 11 is 12.5. The highest BCUT2D eigenvalue weighted by Crippen LogP contribution is 2.38. The lowest BCUT2D eigenvalue weighted by Crippen LogP contribution is -2.10. The van der Waals surface area contributed by atoms with Crippen molar-refractivity contribution in [2.24, 2.45) is 0 Å². The lowest BCUT2D eigenvalue weighted by Gasteiger charge is -2.20. The van der Waals surface area contributed by atoms with Gasteiger partial charge in [-0.2, -0.15) is 0 Å². The Morgan fingerprint density at radius 1 is 0.960 bits per heavy atom. The Morgan fingerprint density at radius 3 is 2.52 bits per heavy atom. The smallest absolute Gasteiger partial charge is 0.0954 e. The second-order valence-corrected chi connectivity index (χ2v) is 6.62. The maximum absolute atomic E-state index is 6.45. The Balaban J connectivity index is 1.89. The Morgan fingerprint density at radius 2 is 1.80 bits per heavy atom. The van der Waals surface area contributed by atoms with Gasteiger partial charge in [0.25, 0.3) is 0 Å². The summed E-state index contributed by atoms with van der Waals surface area (Å²) < 4.78 is 2.09. The molecule has 2 aromatic heterocycles. The SMILES string of the molecule is Clc1ccc(-c2c[nH]cc2C(c2ccccc2)n2ccnc2)c(Cl)c1. The van der Waals surface area contributed by atoms with Gasteiger partial charge in [0.1, 0.15) is 0 Å². The zero-order valence-electron chi connectivity index (χ0n) is 13.2. The van der Waals surface area contributed by atoms with Gasteiger partial charge in [-0.25, -0.2) is 4.98 Å². The fourth-order valence-corrected chi connectivity index (χ4v) is 3.62. The topological polar surface area (TPSA) is 33.6 Å². The Hall–Kier alpha value is -2.49. The highest BCUT2D eigenvalue weighted by Gasteiger charge is 2.21. The van der Waals surface area contributed by atoms with Gasteiger partial charge in [-0.15, -0.1) is 0 Å². The number of imidazole rings is 1. The molecule has 1 N–H and O–H groups in total. The van der Waals surface area contributed by atoms with Crippen LogP contribution in [0.2, 0.25) is 10.0 Å². The first-order chi connectivity index (χ1) is 12.2. The molecule has 1 atom stereocenters. The van der Waals surface area contributed by atoms with E-state index < -0.39 is 0 Å². The zero-order chi connectivity index (χ0) is 17.2. The summed E-state index contributed by atoms with van der Waals surface area (Å²) in [7, 11) is 0. The summed E-state index contributed by atoms with van der Waals surface area (Å²) in [5.74, 6) is 0. The van der Waals surface area contributed by atoms with E-state index in [9.17, 15) is 0 Å². The normalized spacial score (nSPS) is 12.2. The third-order valence-corrected chi connectivity index (χ3v) is 4.78. The third-order valence-electron chi connectivity index (χ3n) is 4.23. The van der Waals surface area contributed by atoms with Crippen LogP contribution in [-0.4, -0.2) is 14.5 Å². The fraction of sp³-hybridized carbons (Fsp3) is 0.0500. The van der Waals surface area contributed by atoms with Crippen LogP contribution in [0.1, 0.15) is 17.2 Å². The van der Waals surface area contributed by atoms with E-state index in [1.807, 2.05) is 55.2 Å². The zero-order valence-corrected chi connectivity index (χ0v) is 14.7. The van der Waals surface area contributed by atoms with Crippen molar-refractivity contribution in [2.45, 2.75) is 6.04 Å². The number of rotatable bonds is 4. The molecule has 4 rings (SSSR count). The van der Waals surface area contributed by atoms with E-state index in [2.05, 4.69) is 26.7 Å². The van der Waals surface area contributed by atoms with E-state index in [0.717, 1.165) is 16.7 Å². The maximum Gasteiger partial charge on any atom is 0.0954 e. The molecule has 0 aliphatic rings. The number of hydrogen-bond acceptors (Lipinski definition) is 1. The second-order valence-electron chi connectivity index (χ2n) is 5.77. The molecule has 0 fully saturated rings. The molecule has 5 heteroatoms. The second kappa shape index (κ2) is 6.79. The minimum atomic E-state index is -0.00306. The van der Waals surface area contributed by atoms with Gasteiger partial charge < -0.3 is 9.55 Å². The largest absolute Gasteiger partial charge is 0.367 e. The molecule has 0 bridgehead atoms. The molecule has 1 unspecified atom stereocenters. The van der Waals surface area contributed by atoms with Crippen LogP contribution in [0.5, 0.6) is 0 Å². The summed E-state index contributed by atoms with van der Waals surface area (Å²) in [5.41, 5.74) is 4.28. The number of hydrogen-bond donors (Lipinski definition) is 1. The summed E-state index contributed by atoms with van der Waals surface area (Å²) in [4.78, 5) is 7.44. The van der Waals surface area contributed by atoms with Crippen LogP contribution in [0, 0.1) is 0 Å². The van der Waals surface area contributed by atoms with Crippen LogP contribution in [0.4, 0.5) is 0 Å². The number of H-pyrrole nitrogens is 1. The van der Waals surface area contributed by atoms with E-state index in [-0.39, 0.29) is 6.04 Å². The van der Waals surface area contributed by atoms with E-state index in [4.69, 9.17) is 23.2 Å². The van der Waals surface area contributed by atoms with Crippen LogP contribution in [0.15, 0.2) is 79.6 Å². The Labute approximate surface area is 155 Å². The predicted octanol–water partition coefficient (Wildman–Crippen LogP) is 5.82. The quantitative estimate of drug-likeness (QED) is 0.484. The average molecular weight is 368 g/mol. The van der Waals surface area contributed by atoms with Gasteiger partial charge in [0.2, 0.25) is 0 Å². The van der Waals surface area contributed by atoms with Crippen molar-refractivity contribution < 1.29 is 0 Å². The standard InChI is InChI=1S/C20H15Cl2N3/c21-15-6-7-16(19(22)10-15)17-11-24-12-18(17)20(25-9-8-23-13-25)14-4-2-1-3-5-14/h1-13,20,24H. The van der Waals surface area contributed by atoms with Crippen molar-refractivity contribution in [3.8, 4) is 11.1 Å². The van der Waals surface area contributed by atoms with Crippen molar-refractivity contribution in [1.29, 1.82) is 0 Å². The van der Waals surface area contributed by atoms with Crippen LogP contribution in [0.25, 0.3) is 11.1 Å². The molecule has 25 heavy (non-hydrogen) atoms. The van der Waals surface area contributed by atoms with Crippen molar-refractivity contribution in [1.82, 2.24) is 14.5 Å². The van der Waals surface area contributed by atoms with Gasteiger partial charge in [-0.3, -0.25) is 0 Å². The monoisotopic (exact) mass is 367 g/mol. The lowest BCUT2D eigenvalue weighted by molar-refractivity contribution is 0.679. The van der Waals surface area contributed by atoms with E-state index in [0.29, 0.717) is 10.0 Å². The first-order valence-electron chi connectivity index (χ1n) is 7.88. The molecule has 2 aromatic carbocycles. The number of nitrogens with zero attached hydrogens (tertiary/aromatic N) is 2. The molecular formula is C20H15Cl2N3. The van der Waals surface area contributed by atoms with Crippen molar-refractivity contribution >= 4 is 23.2 Å². The molecule has 0 radical (unpaired) electrons. The first-order valence-corrected chi connectivity index (χ1v) is 8.64. The van der Waals surface area contributed by atoms with Gasteiger partial charge in [-0.1, -0.05) is 59.6 Å². The number of nitrogens with one attached hydrogen (secondary N) is 1. The van der Waals surface area contributed by atoms with E-state index >= 15 is 0 Å². The molecule has 3 nitrogen and oxygen atoms in total. The van der Waals surface area contributed by atoms with Crippen LogP contribution in [-0.2, 0) is 0 Å². The Bertz CT molecular complexity index is 975. The summed E-state index contributed by atoms with van der Waals surface area (Å²) in [5, 5.41) is 1.26. The lowest BCUT2D eigenvalue weighted by atomic mass is 9.94. The van der Waals surface area contributed by atoms with Gasteiger partial charge >= 0.3 is 0 Å². The molecule has 2 heterocycles. The fourth-order valence-electron chi connectivity index (χ4n) is 3.11. The summed E-state index contributed by atoms with van der Waals surface area (Å²) in [6, 6.07) is 15.9. The number of halogens is 2. The summed E-state index contributed by atoms with van der Waals surface area (Å²) in [6.07, 6.45) is 9.57. The van der Waals surface area contributed by atoms with Gasteiger partial charge in [-0.05, 0) is 17.7 Å². The molecule has 0 spiro atoms. The third kappa shape index (κ3) is 3.09. The highest BCUT2D eigenvalue weighted by atomic mass is 35.5. The molecule has 124 valence electrons. The molecule has 0 aliphatic heterocycles. The van der Waals surface area contributed by atoms with Gasteiger partial charge in [0.15, 0.2) is 0 Å². The van der Waals surface area contributed by atoms with Gasteiger partial charge in [0.05, 0.1) is 12.4 Å². The van der Waals surface area contributed by atoms with Crippen molar-refractivity contribution in [3.63, 3.8) is 0 Å². The molecule has 0 aliphatic carbocycles. The molecule has 0 amide bonds. The minimum Gasteiger partial charge on any atom is -0.367 e. The van der Waals surface area contributed by atoms with E-state index in [1.165, 1.54) is 5.56 Å². The van der Waals surface area contributed by atoms with Gasteiger partial charge in [0, 0.05) is 51.5 Å². The molecule has 4 aromatic rings. The van der Waals surface area contributed by atoms with Crippen molar-refractivity contribution in [2.75, 3.05) is 0 Å². The molecule has 0 saturated carbocycles. The predicted molar refractivity (Wildman–Crippen MR) is 102 cm³/mol. The van der Waals surface area contributed by atoms with Crippen LogP contribution >= 0.6 is 23.2 Å². The number of aromatic amines is 1. The molecular weight excluding hydrogens is 353 g/mol. The average Bonchev–Trinajstić information content (AvgIpc) is 3.29. The first kappa shape index (κ1) is 16.0.